The first kappa shape index (κ1) is 13.8. The maximum Gasteiger partial charge on any atom is 0.231 e. The number of anilines is 1. The van der Waals surface area contributed by atoms with Crippen molar-refractivity contribution in [3.8, 4) is 11.5 Å². The predicted molar refractivity (Wildman–Crippen MR) is 73.9 cm³/mol. The Morgan fingerprint density at radius 1 is 1.20 bits per heavy atom. The summed E-state index contributed by atoms with van der Waals surface area (Å²) in [5.41, 5.74) is 0.736. The summed E-state index contributed by atoms with van der Waals surface area (Å²) in [6.45, 7) is 0. The third kappa shape index (κ3) is 3.44. The molecule has 0 aliphatic heterocycles. The Kier molecular flexibility index (Phi) is 4.49. The third-order valence-corrected chi connectivity index (χ3v) is 2.66. The minimum atomic E-state index is -0.220. The fourth-order valence-electron chi connectivity index (χ4n) is 1.73. The first-order chi connectivity index (χ1) is 9.72. The summed E-state index contributed by atoms with van der Waals surface area (Å²) in [5.74, 6) is 1.36. The van der Waals surface area contributed by atoms with Gasteiger partial charge in [-0.3, -0.25) is 10.1 Å². The topological polar surface area (TPSA) is 73.3 Å². The van der Waals surface area contributed by atoms with Crippen LogP contribution in [-0.4, -0.2) is 30.1 Å². The molecule has 0 fully saturated rings. The number of amides is 1. The zero-order valence-corrected chi connectivity index (χ0v) is 11.3. The monoisotopic (exact) mass is 273 g/mol. The smallest absolute Gasteiger partial charge is 0.231 e. The Morgan fingerprint density at radius 3 is 2.60 bits per heavy atom. The van der Waals surface area contributed by atoms with E-state index in [4.69, 9.17) is 9.47 Å². The summed E-state index contributed by atoms with van der Waals surface area (Å²) < 4.78 is 10.4. The van der Waals surface area contributed by atoms with Crippen molar-refractivity contribution >= 4 is 11.9 Å². The normalized spacial score (nSPS) is 9.90. The van der Waals surface area contributed by atoms with Crippen LogP contribution in [0.15, 0.2) is 36.7 Å². The van der Waals surface area contributed by atoms with E-state index < -0.39 is 0 Å². The summed E-state index contributed by atoms with van der Waals surface area (Å²) in [7, 11) is 3.13. The SMILES string of the molecule is COc1ccc(OC)c(CC(=O)Nc2ncccn2)c1. The maximum atomic E-state index is 12.0. The average Bonchev–Trinajstić information content (AvgIpc) is 2.48. The number of benzene rings is 1. The highest BCUT2D eigenvalue weighted by molar-refractivity contribution is 5.91. The molecule has 0 aliphatic rings. The number of aromatic nitrogens is 2. The number of hydrogen-bond donors (Lipinski definition) is 1. The number of ether oxygens (including phenoxy) is 2. The van der Waals surface area contributed by atoms with Gasteiger partial charge in [0.1, 0.15) is 11.5 Å². The lowest BCUT2D eigenvalue weighted by Crippen LogP contribution is -2.16. The molecule has 1 aromatic heterocycles. The number of hydrogen-bond acceptors (Lipinski definition) is 5. The maximum absolute atomic E-state index is 12.0. The van der Waals surface area contributed by atoms with Crippen LogP contribution >= 0.6 is 0 Å². The second-order valence-electron chi connectivity index (χ2n) is 3.98. The van der Waals surface area contributed by atoms with Crippen LogP contribution in [-0.2, 0) is 11.2 Å². The molecule has 1 aromatic carbocycles. The lowest BCUT2D eigenvalue weighted by molar-refractivity contribution is -0.115. The van der Waals surface area contributed by atoms with Crippen molar-refractivity contribution in [2.45, 2.75) is 6.42 Å². The summed E-state index contributed by atoms with van der Waals surface area (Å²) in [6, 6.07) is 6.99. The minimum absolute atomic E-state index is 0.151. The van der Waals surface area contributed by atoms with Crippen LogP contribution in [0.5, 0.6) is 11.5 Å². The Balaban J connectivity index is 2.10. The molecule has 6 nitrogen and oxygen atoms in total. The van der Waals surface area contributed by atoms with Crippen molar-refractivity contribution in [2.24, 2.45) is 0 Å². The third-order valence-electron chi connectivity index (χ3n) is 2.66. The zero-order valence-electron chi connectivity index (χ0n) is 11.3. The first-order valence-corrected chi connectivity index (χ1v) is 6.00. The van der Waals surface area contributed by atoms with E-state index in [-0.39, 0.29) is 18.3 Å². The van der Waals surface area contributed by atoms with Crippen molar-refractivity contribution in [1.29, 1.82) is 0 Å². The van der Waals surface area contributed by atoms with Gasteiger partial charge in [-0.25, -0.2) is 9.97 Å². The zero-order chi connectivity index (χ0) is 14.4. The molecule has 0 unspecified atom stereocenters. The van der Waals surface area contributed by atoms with Crippen LogP contribution < -0.4 is 14.8 Å². The van der Waals surface area contributed by atoms with Crippen LogP contribution in [0.4, 0.5) is 5.95 Å². The van der Waals surface area contributed by atoms with Gasteiger partial charge in [-0.2, -0.15) is 0 Å². The van der Waals surface area contributed by atoms with Crippen molar-refractivity contribution in [3.05, 3.63) is 42.2 Å². The Hall–Kier alpha value is -2.63. The van der Waals surface area contributed by atoms with Crippen LogP contribution in [0.3, 0.4) is 0 Å². The molecule has 0 aliphatic carbocycles. The van der Waals surface area contributed by atoms with Gasteiger partial charge >= 0.3 is 0 Å². The highest BCUT2D eigenvalue weighted by Crippen LogP contribution is 2.24. The van der Waals surface area contributed by atoms with E-state index in [2.05, 4.69) is 15.3 Å². The standard InChI is InChI=1S/C14H15N3O3/c1-19-11-4-5-12(20-2)10(8-11)9-13(18)17-14-15-6-3-7-16-14/h3-8H,9H2,1-2H3,(H,15,16,17,18). The van der Waals surface area contributed by atoms with Crippen LogP contribution in [0.25, 0.3) is 0 Å². The number of carbonyl (C=O) groups excluding carboxylic acids is 1. The summed E-state index contributed by atoms with van der Waals surface area (Å²) >= 11 is 0. The Bertz CT molecular complexity index is 587. The predicted octanol–water partition coefficient (Wildman–Crippen LogP) is 1.67. The fraction of sp³-hybridized carbons (Fsp3) is 0.214. The molecule has 0 spiro atoms. The molecule has 20 heavy (non-hydrogen) atoms. The van der Waals surface area contributed by atoms with Crippen molar-refractivity contribution in [3.63, 3.8) is 0 Å². The van der Waals surface area contributed by atoms with Crippen LogP contribution in [0.2, 0.25) is 0 Å². The quantitative estimate of drug-likeness (QED) is 0.897. The molecular weight excluding hydrogens is 258 g/mol. The second-order valence-corrected chi connectivity index (χ2v) is 3.98. The van der Waals surface area contributed by atoms with Gasteiger partial charge in [-0.05, 0) is 24.3 Å². The number of rotatable bonds is 5. The van der Waals surface area contributed by atoms with Gasteiger partial charge in [0.15, 0.2) is 0 Å². The van der Waals surface area contributed by atoms with Gasteiger partial charge in [-0.1, -0.05) is 0 Å². The van der Waals surface area contributed by atoms with E-state index in [0.29, 0.717) is 11.5 Å². The van der Waals surface area contributed by atoms with Gasteiger partial charge < -0.3 is 9.47 Å². The molecule has 1 amide bonds. The molecule has 0 bridgehead atoms. The van der Waals surface area contributed by atoms with Crippen LogP contribution in [0.1, 0.15) is 5.56 Å². The van der Waals surface area contributed by atoms with Crippen molar-refractivity contribution in [1.82, 2.24) is 9.97 Å². The molecule has 0 radical (unpaired) electrons. The number of nitrogens with zero attached hydrogens (tertiary/aromatic N) is 2. The second kappa shape index (κ2) is 6.51. The summed E-state index contributed by atoms with van der Waals surface area (Å²) in [6.07, 6.45) is 3.28. The highest BCUT2D eigenvalue weighted by Gasteiger charge is 2.11. The average molecular weight is 273 g/mol. The molecule has 0 atom stereocenters. The van der Waals surface area contributed by atoms with Crippen LogP contribution in [0, 0.1) is 0 Å². The summed E-state index contributed by atoms with van der Waals surface area (Å²) in [4.78, 5) is 19.8. The summed E-state index contributed by atoms with van der Waals surface area (Å²) in [5, 5.41) is 2.62. The number of carbonyl (C=O) groups is 1. The molecule has 1 heterocycles. The van der Waals surface area contributed by atoms with Crippen molar-refractivity contribution < 1.29 is 14.3 Å². The molecule has 0 saturated carbocycles. The van der Waals surface area contributed by atoms with E-state index in [1.807, 2.05) is 0 Å². The van der Waals surface area contributed by atoms with E-state index in [1.54, 1.807) is 50.9 Å². The van der Waals surface area contributed by atoms with Gasteiger partial charge in [0.05, 0.1) is 20.6 Å². The van der Waals surface area contributed by atoms with E-state index in [1.165, 1.54) is 0 Å². The fourth-order valence-corrected chi connectivity index (χ4v) is 1.73. The molecule has 2 rings (SSSR count). The molecular formula is C14H15N3O3. The van der Waals surface area contributed by atoms with Gasteiger partial charge in [-0.15, -0.1) is 0 Å². The van der Waals surface area contributed by atoms with E-state index >= 15 is 0 Å². The lowest BCUT2D eigenvalue weighted by Gasteiger charge is -2.10. The molecule has 104 valence electrons. The molecule has 1 N–H and O–H groups in total. The van der Waals surface area contributed by atoms with Gasteiger partial charge in [0.2, 0.25) is 11.9 Å². The molecule has 2 aromatic rings. The number of nitrogens with one attached hydrogen (secondary N) is 1. The molecule has 0 saturated heterocycles. The largest absolute Gasteiger partial charge is 0.497 e. The van der Waals surface area contributed by atoms with Gasteiger partial charge in [0.25, 0.3) is 0 Å². The Morgan fingerprint density at radius 2 is 1.95 bits per heavy atom. The minimum Gasteiger partial charge on any atom is -0.497 e. The highest BCUT2D eigenvalue weighted by atomic mass is 16.5. The Labute approximate surface area is 116 Å². The number of methoxy groups -OCH3 is 2. The van der Waals surface area contributed by atoms with Crippen molar-refractivity contribution in [2.75, 3.05) is 19.5 Å². The molecule has 6 heteroatoms. The van der Waals surface area contributed by atoms with E-state index in [9.17, 15) is 4.79 Å². The van der Waals surface area contributed by atoms with Gasteiger partial charge in [0, 0.05) is 18.0 Å². The lowest BCUT2D eigenvalue weighted by atomic mass is 10.1. The van der Waals surface area contributed by atoms with E-state index in [0.717, 1.165) is 5.56 Å². The first-order valence-electron chi connectivity index (χ1n) is 6.00.